The first-order valence-electron chi connectivity index (χ1n) is 9.10. The van der Waals surface area contributed by atoms with Gasteiger partial charge < -0.3 is 19.4 Å². The Bertz CT molecular complexity index is 978. The third-order valence-corrected chi connectivity index (χ3v) is 5.35. The van der Waals surface area contributed by atoms with Crippen LogP contribution in [0.2, 0.25) is 0 Å². The van der Waals surface area contributed by atoms with E-state index in [1.165, 1.54) is 11.8 Å². The summed E-state index contributed by atoms with van der Waals surface area (Å²) in [5.74, 6) is 1.77. The average molecular weight is 414 g/mol. The Hall–Kier alpha value is -3.07. The number of amides is 1. The summed E-state index contributed by atoms with van der Waals surface area (Å²) in [5, 5.41) is 11.8. The van der Waals surface area contributed by atoms with E-state index < -0.39 is 0 Å². The molecular weight excluding hydrogens is 390 g/mol. The van der Waals surface area contributed by atoms with E-state index in [1.807, 2.05) is 30.5 Å². The summed E-state index contributed by atoms with van der Waals surface area (Å²) < 4.78 is 12.5. The van der Waals surface area contributed by atoms with Gasteiger partial charge >= 0.3 is 0 Å². The number of nitrogens with one attached hydrogen (secondary N) is 1. The fraction of sp³-hybridized carbons (Fsp3) is 0.300. The van der Waals surface area contributed by atoms with Gasteiger partial charge in [-0.05, 0) is 38.1 Å². The molecule has 0 bridgehead atoms. The van der Waals surface area contributed by atoms with E-state index in [1.54, 1.807) is 44.8 Å². The summed E-state index contributed by atoms with van der Waals surface area (Å²) in [6.45, 7) is 4.55. The molecule has 152 valence electrons. The topological polar surface area (TPSA) is 91.2 Å². The van der Waals surface area contributed by atoms with Crippen molar-refractivity contribution in [2.45, 2.75) is 30.8 Å². The van der Waals surface area contributed by atoms with Crippen molar-refractivity contribution >= 4 is 23.4 Å². The van der Waals surface area contributed by atoms with Crippen molar-refractivity contribution in [2.24, 2.45) is 0 Å². The molecule has 0 saturated heterocycles. The predicted molar refractivity (Wildman–Crippen MR) is 112 cm³/mol. The van der Waals surface area contributed by atoms with Gasteiger partial charge in [0.2, 0.25) is 5.91 Å². The fourth-order valence-electron chi connectivity index (χ4n) is 2.74. The minimum Gasteiger partial charge on any atom is -0.493 e. The Balaban J connectivity index is 1.72. The normalized spacial score (nSPS) is 11.7. The van der Waals surface area contributed by atoms with E-state index in [4.69, 9.17) is 9.47 Å². The second-order valence-electron chi connectivity index (χ2n) is 6.11. The number of rotatable bonds is 8. The third-order valence-electron chi connectivity index (χ3n) is 4.27. The first-order valence-corrected chi connectivity index (χ1v) is 9.98. The van der Waals surface area contributed by atoms with Crippen LogP contribution in [0.1, 0.15) is 13.8 Å². The molecule has 1 N–H and O–H groups in total. The molecule has 2 aromatic heterocycles. The quantitative estimate of drug-likeness (QED) is 0.565. The van der Waals surface area contributed by atoms with Crippen molar-refractivity contribution in [1.82, 2.24) is 19.7 Å². The average Bonchev–Trinajstić information content (AvgIpc) is 3.16. The molecule has 3 rings (SSSR count). The van der Waals surface area contributed by atoms with Crippen LogP contribution in [-0.4, -0.2) is 45.1 Å². The smallest absolute Gasteiger partial charge is 0.237 e. The van der Waals surface area contributed by atoms with Crippen LogP contribution in [-0.2, 0) is 11.3 Å². The lowest BCUT2D eigenvalue weighted by atomic mass is 10.2. The number of carbonyl (C=O) groups excluding carboxylic acids is 1. The maximum Gasteiger partial charge on any atom is 0.237 e. The van der Waals surface area contributed by atoms with E-state index in [-0.39, 0.29) is 11.2 Å². The Morgan fingerprint density at radius 1 is 1.14 bits per heavy atom. The van der Waals surface area contributed by atoms with Crippen molar-refractivity contribution in [3.05, 3.63) is 42.7 Å². The number of aromatic nitrogens is 4. The minimum absolute atomic E-state index is 0.140. The summed E-state index contributed by atoms with van der Waals surface area (Å²) in [6, 6.07) is 9.02. The van der Waals surface area contributed by atoms with Crippen LogP contribution >= 0.6 is 11.8 Å². The molecule has 1 amide bonds. The van der Waals surface area contributed by atoms with Crippen LogP contribution in [0.15, 0.2) is 47.9 Å². The highest BCUT2D eigenvalue weighted by atomic mass is 32.2. The van der Waals surface area contributed by atoms with Crippen molar-refractivity contribution in [2.75, 3.05) is 19.5 Å². The Morgan fingerprint density at radius 3 is 2.52 bits per heavy atom. The van der Waals surface area contributed by atoms with Gasteiger partial charge in [0, 0.05) is 36.3 Å². The highest BCUT2D eigenvalue weighted by Crippen LogP contribution is 2.31. The van der Waals surface area contributed by atoms with E-state index in [0.717, 1.165) is 11.4 Å². The van der Waals surface area contributed by atoms with Crippen LogP contribution in [0, 0.1) is 0 Å². The Kier molecular flexibility index (Phi) is 6.71. The highest BCUT2D eigenvalue weighted by molar-refractivity contribution is 8.00. The summed E-state index contributed by atoms with van der Waals surface area (Å²) in [6.07, 6.45) is 3.44. The molecule has 1 aromatic carbocycles. The van der Waals surface area contributed by atoms with Gasteiger partial charge in [-0.3, -0.25) is 9.78 Å². The second kappa shape index (κ2) is 9.42. The maximum absolute atomic E-state index is 12.7. The lowest BCUT2D eigenvalue weighted by Gasteiger charge is -2.14. The summed E-state index contributed by atoms with van der Waals surface area (Å²) in [4.78, 5) is 16.7. The summed E-state index contributed by atoms with van der Waals surface area (Å²) in [5.41, 5.74) is 1.57. The van der Waals surface area contributed by atoms with Crippen LogP contribution in [0.3, 0.4) is 0 Å². The molecular formula is C20H23N5O3S. The lowest BCUT2D eigenvalue weighted by Crippen LogP contribution is -2.23. The number of thioether (sulfide) groups is 1. The lowest BCUT2D eigenvalue weighted by molar-refractivity contribution is -0.115. The molecule has 0 radical (unpaired) electrons. The molecule has 0 saturated carbocycles. The molecule has 0 aliphatic carbocycles. The molecule has 8 nitrogen and oxygen atoms in total. The zero-order chi connectivity index (χ0) is 20.8. The Labute approximate surface area is 173 Å². The maximum atomic E-state index is 12.7. The van der Waals surface area contributed by atoms with E-state index in [9.17, 15) is 4.79 Å². The van der Waals surface area contributed by atoms with Gasteiger partial charge in [-0.25, -0.2) is 0 Å². The molecule has 9 heteroatoms. The monoisotopic (exact) mass is 413 g/mol. The number of anilines is 1. The zero-order valence-corrected chi connectivity index (χ0v) is 17.6. The van der Waals surface area contributed by atoms with E-state index >= 15 is 0 Å². The van der Waals surface area contributed by atoms with Gasteiger partial charge in [-0.2, -0.15) is 0 Å². The number of nitrogens with zero attached hydrogens (tertiary/aromatic N) is 4. The van der Waals surface area contributed by atoms with Crippen LogP contribution < -0.4 is 14.8 Å². The predicted octanol–water partition coefficient (Wildman–Crippen LogP) is 3.50. The number of carbonyl (C=O) groups is 1. The summed E-state index contributed by atoms with van der Waals surface area (Å²) in [7, 11) is 3.12. The number of hydrogen-bond donors (Lipinski definition) is 1. The van der Waals surface area contributed by atoms with E-state index in [0.29, 0.717) is 28.9 Å². The van der Waals surface area contributed by atoms with Crippen molar-refractivity contribution in [1.29, 1.82) is 0 Å². The van der Waals surface area contributed by atoms with Gasteiger partial charge in [0.1, 0.15) is 0 Å². The van der Waals surface area contributed by atoms with Gasteiger partial charge in [0.25, 0.3) is 0 Å². The van der Waals surface area contributed by atoms with Crippen molar-refractivity contribution in [3.8, 4) is 22.9 Å². The zero-order valence-electron chi connectivity index (χ0n) is 16.7. The molecule has 0 aliphatic rings. The number of benzene rings is 1. The SMILES string of the molecule is CCn1c(S[C@H](C)C(=O)Nc2ccc(OC)c(OC)c2)nnc1-c1ccncc1. The van der Waals surface area contributed by atoms with Crippen LogP contribution in [0.4, 0.5) is 5.69 Å². The van der Waals surface area contributed by atoms with Gasteiger partial charge in [0.15, 0.2) is 22.5 Å². The van der Waals surface area contributed by atoms with Crippen molar-refractivity contribution in [3.63, 3.8) is 0 Å². The highest BCUT2D eigenvalue weighted by Gasteiger charge is 2.21. The molecule has 1 atom stereocenters. The van der Waals surface area contributed by atoms with Gasteiger partial charge in [0.05, 0.1) is 19.5 Å². The molecule has 0 fully saturated rings. The largest absolute Gasteiger partial charge is 0.493 e. The minimum atomic E-state index is -0.372. The molecule has 2 heterocycles. The molecule has 0 unspecified atom stereocenters. The van der Waals surface area contributed by atoms with Crippen LogP contribution in [0.25, 0.3) is 11.4 Å². The van der Waals surface area contributed by atoms with Gasteiger partial charge in [-0.15, -0.1) is 10.2 Å². The number of methoxy groups -OCH3 is 2. The van der Waals surface area contributed by atoms with Gasteiger partial charge in [-0.1, -0.05) is 11.8 Å². The first-order chi connectivity index (χ1) is 14.1. The first kappa shape index (κ1) is 20.7. The third kappa shape index (κ3) is 4.68. The molecule has 29 heavy (non-hydrogen) atoms. The fourth-order valence-corrected chi connectivity index (χ4v) is 3.66. The number of ether oxygens (including phenoxy) is 2. The number of pyridine rings is 1. The second-order valence-corrected chi connectivity index (χ2v) is 7.41. The Morgan fingerprint density at radius 2 is 1.86 bits per heavy atom. The standard InChI is InChI=1S/C20H23N5O3S/c1-5-25-18(14-8-10-21-11-9-14)23-24-20(25)29-13(2)19(26)22-15-6-7-16(27-3)17(12-15)28-4/h6-13H,5H2,1-4H3,(H,22,26)/t13-/m1/s1. The van der Waals surface area contributed by atoms with Crippen molar-refractivity contribution < 1.29 is 14.3 Å². The van der Waals surface area contributed by atoms with Crippen LogP contribution in [0.5, 0.6) is 11.5 Å². The number of hydrogen-bond acceptors (Lipinski definition) is 7. The molecule has 0 spiro atoms. The molecule has 0 aliphatic heterocycles. The van der Waals surface area contributed by atoms with E-state index in [2.05, 4.69) is 20.5 Å². The summed E-state index contributed by atoms with van der Waals surface area (Å²) >= 11 is 1.36. The molecule has 3 aromatic rings.